The minimum atomic E-state index is 0.0896. The number of hydrogen-bond donors (Lipinski definition) is 2. The van der Waals surface area contributed by atoms with E-state index in [1.165, 1.54) is 5.56 Å². The van der Waals surface area contributed by atoms with Gasteiger partial charge in [0, 0.05) is 31.0 Å². The minimum absolute atomic E-state index is 0.0896. The van der Waals surface area contributed by atoms with Crippen LogP contribution >= 0.6 is 0 Å². The van der Waals surface area contributed by atoms with E-state index in [4.69, 9.17) is 5.73 Å². The second kappa shape index (κ2) is 4.82. The summed E-state index contributed by atoms with van der Waals surface area (Å²) in [6.07, 6.45) is 4.92. The van der Waals surface area contributed by atoms with Crippen molar-refractivity contribution in [3.05, 3.63) is 47.8 Å². The molecular weight excluding hydrogens is 238 g/mol. The van der Waals surface area contributed by atoms with Gasteiger partial charge in [-0.3, -0.25) is 9.78 Å². The zero-order valence-corrected chi connectivity index (χ0v) is 10.5. The lowest BCUT2D eigenvalue weighted by Gasteiger charge is -2.18. The van der Waals surface area contributed by atoms with E-state index in [1.807, 2.05) is 18.2 Å². The van der Waals surface area contributed by atoms with E-state index in [-0.39, 0.29) is 5.91 Å². The maximum atomic E-state index is 11.3. The van der Waals surface area contributed by atoms with Crippen molar-refractivity contribution >= 4 is 11.6 Å². The monoisotopic (exact) mass is 253 g/mol. The van der Waals surface area contributed by atoms with Crippen LogP contribution in [0.2, 0.25) is 0 Å². The predicted octanol–water partition coefficient (Wildman–Crippen LogP) is 2.09. The van der Waals surface area contributed by atoms with Crippen molar-refractivity contribution in [2.75, 3.05) is 5.32 Å². The standard InChI is InChI=1S/C15H15N3O/c16-8-12-9-17-6-5-13(12)10-1-3-14-11(7-10)2-4-15(19)18-14/h1,3,5-7,9H,2,4,8,16H2,(H,18,19). The number of anilines is 1. The zero-order valence-electron chi connectivity index (χ0n) is 10.5. The fourth-order valence-electron chi connectivity index (χ4n) is 2.42. The Hall–Kier alpha value is -2.20. The Kier molecular flexibility index (Phi) is 3.01. The topological polar surface area (TPSA) is 68.0 Å². The fourth-order valence-corrected chi connectivity index (χ4v) is 2.42. The van der Waals surface area contributed by atoms with Crippen molar-refractivity contribution in [2.24, 2.45) is 5.73 Å². The summed E-state index contributed by atoms with van der Waals surface area (Å²) in [7, 11) is 0. The summed E-state index contributed by atoms with van der Waals surface area (Å²) in [4.78, 5) is 15.4. The first-order valence-corrected chi connectivity index (χ1v) is 6.34. The number of hydrogen-bond acceptors (Lipinski definition) is 3. The molecule has 4 nitrogen and oxygen atoms in total. The van der Waals surface area contributed by atoms with Crippen LogP contribution < -0.4 is 11.1 Å². The quantitative estimate of drug-likeness (QED) is 0.861. The number of nitrogens with zero attached hydrogens (tertiary/aromatic N) is 1. The van der Waals surface area contributed by atoms with Gasteiger partial charge in [-0.15, -0.1) is 0 Å². The van der Waals surface area contributed by atoms with Crippen molar-refractivity contribution < 1.29 is 4.79 Å². The first kappa shape index (κ1) is 11.9. The van der Waals surface area contributed by atoms with E-state index >= 15 is 0 Å². The van der Waals surface area contributed by atoms with E-state index in [0.29, 0.717) is 13.0 Å². The van der Waals surface area contributed by atoms with Crippen molar-refractivity contribution in [2.45, 2.75) is 19.4 Å². The van der Waals surface area contributed by atoms with Crippen LogP contribution in [0, 0.1) is 0 Å². The van der Waals surface area contributed by atoms with Gasteiger partial charge in [0.05, 0.1) is 0 Å². The molecule has 0 atom stereocenters. The van der Waals surface area contributed by atoms with Crippen LogP contribution in [0.15, 0.2) is 36.7 Å². The SMILES string of the molecule is NCc1cnccc1-c1ccc2c(c1)CCC(=O)N2. The van der Waals surface area contributed by atoms with Gasteiger partial charge in [-0.1, -0.05) is 6.07 Å². The molecule has 2 heterocycles. The number of aryl methyl sites for hydroxylation is 1. The molecule has 0 saturated carbocycles. The molecule has 1 amide bonds. The number of nitrogens with one attached hydrogen (secondary N) is 1. The van der Waals surface area contributed by atoms with Crippen LogP contribution in [0.1, 0.15) is 17.5 Å². The van der Waals surface area contributed by atoms with E-state index < -0.39 is 0 Å². The highest BCUT2D eigenvalue weighted by Gasteiger charge is 2.15. The third-order valence-electron chi connectivity index (χ3n) is 3.44. The normalized spacial score (nSPS) is 13.8. The van der Waals surface area contributed by atoms with Crippen LogP contribution in [0.5, 0.6) is 0 Å². The second-order valence-electron chi connectivity index (χ2n) is 4.66. The van der Waals surface area contributed by atoms with Gasteiger partial charge in [-0.2, -0.15) is 0 Å². The van der Waals surface area contributed by atoms with Crippen LogP contribution in [0.25, 0.3) is 11.1 Å². The van der Waals surface area contributed by atoms with Crippen LogP contribution in [0.4, 0.5) is 5.69 Å². The largest absolute Gasteiger partial charge is 0.326 e. The van der Waals surface area contributed by atoms with Crippen molar-refractivity contribution in [3.8, 4) is 11.1 Å². The molecule has 0 aliphatic carbocycles. The van der Waals surface area contributed by atoms with Crippen LogP contribution in [-0.4, -0.2) is 10.9 Å². The Morgan fingerprint density at radius 1 is 1.26 bits per heavy atom. The maximum Gasteiger partial charge on any atom is 0.224 e. The maximum absolute atomic E-state index is 11.3. The third kappa shape index (κ3) is 2.22. The predicted molar refractivity (Wildman–Crippen MR) is 74.5 cm³/mol. The summed E-state index contributed by atoms with van der Waals surface area (Å²) in [5, 5.41) is 2.89. The molecule has 0 unspecified atom stereocenters. The smallest absolute Gasteiger partial charge is 0.224 e. The van der Waals surface area contributed by atoms with Crippen molar-refractivity contribution in [3.63, 3.8) is 0 Å². The number of carbonyl (C=O) groups excluding carboxylic acids is 1. The van der Waals surface area contributed by atoms with Gasteiger partial charge in [0.1, 0.15) is 0 Å². The number of fused-ring (bicyclic) bond motifs is 1. The van der Waals surface area contributed by atoms with Gasteiger partial charge in [0.25, 0.3) is 0 Å². The van der Waals surface area contributed by atoms with Gasteiger partial charge in [0.2, 0.25) is 5.91 Å². The molecule has 0 fully saturated rings. The number of carbonyl (C=O) groups is 1. The first-order chi connectivity index (χ1) is 9.28. The van der Waals surface area contributed by atoms with E-state index in [0.717, 1.165) is 28.8 Å². The molecule has 0 radical (unpaired) electrons. The van der Waals surface area contributed by atoms with Gasteiger partial charge in [-0.25, -0.2) is 0 Å². The summed E-state index contributed by atoms with van der Waals surface area (Å²) in [5.41, 5.74) is 11.1. The number of pyridine rings is 1. The third-order valence-corrected chi connectivity index (χ3v) is 3.44. The molecule has 0 saturated heterocycles. The average molecular weight is 253 g/mol. The van der Waals surface area contributed by atoms with E-state index in [1.54, 1.807) is 12.4 Å². The molecule has 1 aromatic carbocycles. The van der Waals surface area contributed by atoms with Gasteiger partial charge >= 0.3 is 0 Å². The summed E-state index contributed by atoms with van der Waals surface area (Å²) in [6, 6.07) is 8.08. The molecule has 3 N–H and O–H groups in total. The summed E-state index contributed by atoms with van der Waals surface area (Å²) < 4.78 is 0. The van der Waals surface area contributed by atoms with Crippen LogP contribution in [-0.2, 0) is 17.8 Å². The van der Waals surface area contributed by atoms with E-state index in [2.05, 4.69) is 16.4 Å². The lowest BCUT2D eigenvalue weighted by atomic mass is 9.95. The number of nitrogens with two attached hydrogens (primary N) is 1. The number of aromatic nitrogens is 1. The van der Waals surface area contributed by atoms with Crippen LogP contribution in [0.3, 0.4) is 0 Å². The second-order valence-corrected chi connectivity index (χ2v) is 4.66. The highest BCUT2D eigenvalue weighted by atomic mass is 16.1. The molecule has 1 aromatic heterocycles. The van der Waals surface area contributed by atoms with Crippen molar-refractivity contribution in [1.29, 1.82) is 0 Å². The first-order valence-electron chi connectivity index (χ1n) is 6.34. The molecule has 96 valence electrons. The Morgan fingerprint density at radius 3 is 3.00 bits per heavy atom. The molecule has 3 rings (SSSR count). The molecule has 4 heteroatoms. The lowest BCUT2D eigenvalue weighted by molar-refractivity contribution is -0.116. The molecule has 0 bridgehead atoms. The molecule has 19 heavy (non-hydrogen) atoms. The fraction of sp³-hybridized carbons (Fsp3) is 0.200. The number of benzene rings is 1. The van der Waals surface area contributed by atoms with Gasteiger partial charge < -0.3 is 11.1 Å². The highest BCUT2D eigenvalue weighted by molar-refractivity contribution is 5.94. The molecule has 0 spiro atoms. The van der Waals surface area contributed by atoms with Gasteiger partial charge in [0.15, 0.2) is 0 Å². The average Bonchev–Trinajstić information content (AvgIpc) is 2.46. The number of amides is 1. The highest BCUT2D eigenvalue weighted by Crippen LogP contribution is 2.30. The molecular formula is C15H15N3O. The lowest BCUT2D eigenvalue weighted by Crippen LogP contribution is -2.18. The Balaban J connectivity index is 2.05. The van der Waals surface area contributed by atoms with E-state index in [9.17, 15) is 4.79 Å². The zero-order chi connectivity index (χ0) is 13.2. The summed E-state index contributed by atoms with van der Waals surface area (Å²) in [5.74, 6) is 0.0896. The summed E-state index contributed by atoms with van der Waals surface area (Å²) >= 11 is 0. The Bertz CT molecular complexity index is 637. The van der Waals surface area contributed by atoms with Crippen molar-refractivity contribution in [1.82, 2.24) is 4.98 Å². The molecule has 1 aliphatic rings. The molecule has 2 aromatic rings. The summed E-state index contributed by atoms with van der Waals surface area (Å²) in [6.45, 7) is 0.469. The minimum Gasteiger partial charge on any atom is -0.326 e. The Morgan fingerprint density at radius 2 is 2.16 bits per heavy atom. The number of rotatable bonds is 2. The van der Waals surface area contributed by atoms with Gasteiger partial charge in [-0.05, 0) is 46.9 Å². The molecule has 1 aliphatic heterocycles. The Labute approximate surface area is 111 Å².